The molecule has 4 nitrogen and oxygen atoms in total. The number of hydrogen-bond donors (Lipinski definition) is 2. The van der Waals surface area contributed by atoms with Crippen molar-refractivity contribution in [3.05, 3.63) is 0 Å². The van der Waals surface area contributed by atoms with Crippen LogP contribution in [0.5, 0.6) is 0 Å². The van der Waals surface area contributed by atoms with Gasteiger partial charge >= 0.3 is 0 Å². The Balaban J connectivity index is 1.83. The lowest BCUT2D eigenvalue weighted by Gasteiger charge is -2.33. The fraction of sp³-hybridized carbons (Fsp3) is 0.923. The lowest BCUT2D eigenvalue weighted by Crippen LogP contribution is -2.50. The van der Waals surface area contributed by atoms with Gasteiger partial charge in [0.1, 0.15) is 0 Å². The standard InChI is InChI=1S/C13H24N2O2/c1-9-5-11(7-14-6-9)13(16)15-12-3-4-17-8-10(12)2/h9-12,14H,3-8H2,1-2H3,(H,15,16). The minimum absolute atomic E-state index is 0.147. The molecule has 4 heteroatoms. The van der Waals surface area contributed by atoms with Crippen LogP contribution in [0.15, 0.2) is 0 Å². The number of amides is 1. The second-order valence-electron chi connectivity index (χ2n) is 5.65. The molecule has 0 aliphatic carbocycles. The number of ether oxygens (including phenoxy) is 1. The summed E-state index contributed by atoms with van der Waals surface area (Å²) in [5.74, 6) is 1.41. The van der Waals surface area contributed by atoms with Crippen molar-refractivity contribution in [3.8, 4) is 0 Å². The van der Waals surface area contributed by atoms with Crippen LogP contribution in [0.4, 0.5) is 0 Å². The molecule has 2 N–H and O–H groups in total. The van der Waals surface area contributed by atoms with Crippen LogP contribution in [0.3, 0.4) is 0 Å². The Hall–Kier alpha value is -0.610. The average molecular weight is 240 g/mol. The lowest BCUT2D eigenvalue weighted by atomic mass is 9.90. The first kappa shape index (κ1) is 12.8. The molecule has 2 heterocycles. The quantitative estimate of drug-likeness (QED) is 0.749. The van der Waals surface area contributed by atoms with Gasteiger partial charge in [0.2, 0.25) is 5.91 Å². The Morgan fingerprint density at radius 1 is 1.35 bits per heavy atom. The molecule has 2 fully saturated rings. The van der Waals surface area contributed by atoms with E-state index in [4.69, 9.17) is 4.74 Å². The summed E-state index contributed by atoms with van der Waals surface area (Å²) >= 11 is 0. The van der Waals surface area contributed by atoms with E-state index in [9.17, 15) is 4.79 Å². The van der Waals surface area contributed by atoms with Crippen molar-refractivity contribution in [2.24, 2.45) is 17.8 Å². The van der Waals surface area contributed by atoms with Crippen LogP contribution >= 0.6 is 0 Å². The second-order valence-corrected chi connectivity index (χ2v) is 5.65. The van der Waals surface area contributed by atoms with Gasteiger partial charge < -0.3 is 15.4 Å². The van der Waals surface area contributed by atoms with E-state index in [2.05, 4.69) is 24.5 Å². The maximum Gasteiger partial charge on any atom is 0.224 e. The third-order valence-corrected chi connectivity index (χ3v) is 3.91. The van der Waals surface area contributed by atoms with Gasteiger partial charge in [0.05, 0.1) is 12.5 Å². The Labute approximate surface area is 103 Å². The van der Waals surface area contributed by atoms with Crippen LogP contribution in [0.1, 0.15) is 26.7 Å². The molecule has 0 aromatic carbocycles. The highest BCUT2D eigenvalue weighted by Gasteiger charge is 2.29. The molecule has 17 heavy (non-hydrogen) atoms. The first-order chi connectivity index (χ1) is 8.16. The van der Waals surface area contributed by atoms with Crippen molar-refractivity contribution in [3.63, 3.8) is 0 Å². The fourth-order valence-electron chi connectivity index (χ4n) is 2.75. The topological polar surface area (TPSA) is 50.4 Å². The summed E-state index contributed by atoms with van der Waals surface area (Å²) in [7, 11) is 0. The highest BCUT2D eigenvalue weighted by Crippen LogP contribution is 2.18. The summed E-state index contributed by atoms with van der Waals surface area (Å²) in [5, 5.41) is 6.53. The zero-order valence-corrected chi connectivity index (χ0v) is 10.9. The molecule has 4 atom stereocenters. The van der Waals surface area contributed by atoms with E-state index in [1.165, 1.54) is 0 Å². The predicted molar refractivity (Wildman–Crippen MR) is 66.7 cm³/mol. The second kappa shape index (κ2) is 5.83. The zero-order valence-electron chi connectivity index (χ0n) is 10.9. The first-order valence-electron chi connectivity index (χ1n) is 6.75. The van der Waals surface area contributed by atoms with Crippen LogP contribution < -0.4 is 10.6 Å². The Morgan fingerprint density at radius 3 is 2.88 bits per heavy atom. The zero-order chi connectivity index (χ0) is 12.3. The van der Waals surface area contributed by atoms with Crippen molar-refractivity contribution in [2.45, 2.75) is 32.7 Å². The maximum atomic E-state index is 12.2. The van der Waals surface area contributed by atoms with Crippen LogP contribution in [-0.2, 0) is 9.53 Å². The molecule has 2 aliphatic rings. The van der Waals surface area contributed by atoms with Gasteiger partial charge in [-0.3, -0.25) is 4.79 Å². The molecule has 0 radical (unpaired) electrons. The summed E-state index contributed by atoms with van der Waals surface area (Å²) in [4.78, 5) is 12.2. The number of rotatable bonds is 2. The number of carbonyl (C=O) groups excluding carboxylic acids is 1. The number of carbonyl (C=O) groups is 1. The Kier molecular flexibility index (Phi) is 4.40. The molecule has 2 aliphatic heterocycles. The third kappa shape index (κ3) is 3.42. The van der Waals surface area contributed by atoms with Gasteiger partial charge in [-0.05, 0) is 31.2 Å². The average Bonchev–Trinajstić information content (AvgIpc) is 2.32. The minimum Gasteiger partial charge on any atom is -0.381 e. The summed E-state index contributed by atoms with van der Waals surface area (Å²) < 4.78 is 5.39. The molecule has 0 saturated carbocycles. The van der Waals surface area contributed by atoms with Gasteiger partial charge in [0.15, 0.2) is 0 Å². The molecule has 2 rings (SSSR count). The maximum absolute atomic E-state index is 12.2. The largest absolute Gasteiger partial charge is 0.381 e. The van der Waals surface area contributed by atoms with Crippen molar-refractivity contribution < 1.29 is 9.53 Å². The first-order valence-corrected chi connectivity index (χ1v) is 6.75. The third-order valence-electron chi connectivity index (χ3n) is 3.91. The van der Waals surface area contributed by atoms with Gasteiger partial charge in [-0.1, -0.05) is 13.8 Å². The van der Waals surface area contributed by atoms with Gasteiger partial charge in [0, 0.05) is 19.2 Å². The normalized spacial score (nSPS) is 38.7. The van der Waals surface area contributed by atoms with Gasteiger partial charge in [-0.15, -0.1) is 0 Å². The molecule has 2 saturated heterocycles. The number of hydrogen-bond acceptors (Lipinski definition) is 3. The highest BCUT2D eigenvalue weighted by atomic mass is 16.5. The molecular weight excluding hydrogens is 216 g/mol. The van der Waals surface area contributed by atoms with Gasteiger partial charge in [-0.25, -0.2) is 0 Å². The summed E-state index contributed by atoms with van der Waals surface area (Å²) in [6, 6.07) is 0.300. The fourth-order valence-corrected chi connectivity index (χ4v) is 2.75. The predicted octanol–water partition coefficient (Wildman–Crippen LogP) is 0.773. The van der Waals surface area contributed by atoms with E-state index in [0.717, 1.165) is 39.1 Å². The van der Waals surface area contributed by atoms with Crippen LogP contribution in [0, 0.1) is 17.8 Å². The molecule has 0 aromatic rings. The Bertz CT molecular complexity index is 270. The van der Waals surface area contributed by atoms with E-state index >= 15 is 0 Å². The molecule has 4 unspecified atom stereocenters. The molecular formula is C13H24N2O2. The van der Waals surface area contributed by atoms with E-state index in [0.29, 0.717) is 17.9 Å². The molecule has 98 valence electrons. The van der Waals surface area contributed by atoms with E-state index < -0.39 is 0 Å². The van der Waals surface area contributed by atoms with Crippen molar-refractivity contribution in [2.75, 3.05) is 26.3 Å². The SMILES string of the molecule is CC1CNCC(C(=O)NC2CCOCC2C)C1. The smallest absolute Gasteiger partial charge is 0.224 e. The van der Waals surface area contributed by atoms with Crippen molar-refractivity contribution in [1.29, 1.82) is 0 Å². The van der Waals surface area contributed by atoms with E-state index in [1.807, 2.05) is 0 Å². The van der Waals surface area contributed by atoms with Crippen LogP contribution in [0.2, 0.25) is 0 Å². The summed E-state index contributed by atoms with van der Waals surface area (Å²) in [5.41, 5.74) is 0. The summed E-state index contributed by atoms with van der Waals surface area (Å²) in [6.07, 6.45) is 1.96. The lowest BCUT2D eigenvalue weighted by molar-refractivity contribution is -0.127. The van der Waals surface area contributed by atoms with Crippen molar-refractivity contribution >= 4 is 5.91 Å². The van der Waals surface area contributed by atoms with Gasteiger partial charge in [-0.2, -0.15) is 0 Å². The van der Waals surface area contributed by atoms with Gasteiger partial charge in [0.25, 0.3) is 0 Å². The van der Waals surface area contributed by atoms with E-state index in [-0.39, 0.29) is 11.8 Å². The van der Waals surface area contributed by atoms with E-state index in [1.54, 1.807) is 0 Å². The summed E-state index contributed by atoms with van der Waals surface area (Å²) in [6.45, 7) is 7.75. The minimum atomic E-state index is 0.147. The van der Waals surface area contributed by atoms with Crippen LogP contribution in [-0.4, -0.2) is 38.3 Å². The molecule has 0 aromatic heterocycles. The number of piperidine rings is 1. The van der Waals surface area contributed by atoms with Crippen LogP contribution in [0.25, 0.3) is 0 Å². The molecule has 0 spiro atoms. The Morgan fingerprint density at radius 2 is 2.18 bits per heavy atom. The van der Waals surface area contributed by atoms with Crippen molar-refractivity contribution in [1.82, 2.24) is 10.6 Å². The highest BCUT2D eigenvalue weighted by molar-refractivity contribution is 5.79. The monoisotopic (exact) mass is 240 g/mol. The molecule has 1 amide bonds. The molecule has 0 bridgehead atoms. The number of nitrogens with one attached hydrogen (secondary N) is 2.